The van der Waals surface area contributed by atoms with Crippen LogP contribution >= 0.6 is 0 Å². The first-order valence-corrected chi connectivity index (χ1v) is 27.3. The van der Waals surface area contributed by atoms with Gasteiger partial charge < -0.3 is 176 Å². The maximum atomic E-state index is 13.3. The SMILES string of the molecule is CC(=O)N[C@H]1[C@H](OC[C@H]2O[C@@H](O[C@@H]([C@H](O)[C@@H](O)CO)[C@H](O)CO)[C@H](O)[C@@H](O[C@]3(C(=O)O)C[C@H](O)[C@@H](NC(C)=O)[C@H]([C@H](O)[C@H](O)CO)O3)[C@H]2O)O[C@H](CO)[C@@H](O[C@@H]2O[C@H](CO)[C@H](O)[C@H](O[C@]3(C(=O)O)C[C@H](O)[C@@H](NC(C)=O)[C@H]([C@H](O)[C@H](O)CO)O3)[C@H]2O)[C@@H]1O. The number of carbonyl (C=O) groups excluding carboxylic acids is 3. The van der Waals surface area contributed by atoms with Crippen LogP contribution in [0.5, 0.6) is 0 Å². The van der Waals surface area contributed by atoms with Crippen LogP contribution in [0, 0.1) is 0 Å². The van der Waals surface area contributed by atoms with Crippen LogP contribution in [-0.2, 0) is 71.3 Å². The van der Waals surface area contributed by atoms with E-state index >= 15 is 0 Å². The van der Waals surface area contributed by atoms with Crippen LogP contribution in [0.25, 0.3) is 0 Å². The molecule has 5 saturated heterocycles. The van der Waals surface area contributed by atoms with Gasteiger partial charge in [-0.05, 0) is 0 Å². The van der Waals surface area contributed by atoms with Gasteiger partial charge in [0.1, 0.15) is 134 Å². The van der Waals surface area contributed by atoms with Gasteiger partial charge in [-0.25, -0.2) is 9.59 Å². The molecule has 25 N–H and O–H groups in total. The molecule has 0 unspecified atom stereocenters. The van der Waals surface area contributed by atoms with Crippen LogP contribution in [0.4, 0.5) is 0 Å². The molecule has 40 heteroatoms. The zero-order valence-electron chi connectivity index (χ0n) is 47.1. The maximum Gasteiger partial charge on any atom is 0.364 e. The normalized spacial score (nSPS) is 40.8. The molecule has 5 aliphatic rings. The highest BCUT2D eigenvalue weighted by molar-refractivity contribution is 5.77. The van der Waals surface area contributed by atoms with Crippen molar-refractivity contribution in [3.63, 3.8) is 0 Å². The predicted octanol–water partition coefficient (Wildman–Crippen LogP) is -15.6. The molecular formula is C48H81N3O37. The van der Waals surface area contributed by atoms with Crippen molar-refractivity contribution in [2.45, 2.75) is 223 Å². The van der Waals surface area contributed by atoms with Crippen LogP contribution in [0.3, 0.4) is 0 Å². The van der Waals surface area contributed by atoms with Gasteiger partial charge in [0.25, 0.3) is 11.6 Å². The Hall–Kier alpha value is -3.85. The fraction of sp³-hybridized carbons (Fsp3) is 0.896. The Kier molecular flexibility index (Phi) is 27.3. The lowest BCUT2D eigenvalue weighted by molar-refractivity contribution is -0.387. The molecule has 0 aromatic rings. The summed E-state index contributed by atoms with van der Waals surface area (Å²) in [6.07, 6.45) is -60.6. The van der Waals surface area contributed by atoms with Gasteiger partial charge in [0.15, 0.2) is 18.9 Å². The number of hydrogen-bond acceptors (Lipinski definition) is 35. The molecule has 0 spiro atoms. The smallest absolute Gasteiger partial charge is 0.364 e. The van der Waals surface area contributed by atoms with E-state index in [1.807, 2.05) is 0 Å². The number of nitrogens with one attached hydrogen (secondary N) is 3. The first-order valence-electron chi connectivity index (χ1n) is 27.3. The summed E-state index contributed by atoms with van der Waals surface area (Å²) < 4.78 is 57.2. The zero-order chi connectivity index (χ0) is 66.2. The number of amides is 3. The molecule has 0 aromatic heterocycles. The number of ether oxygens (including phenoxy) is 10. The minimum atomic E-state index is -3.36. The highest BCUT2D eigenvalue weighted by Gasteiger charge is 2.63. The predicted molar refractivity (Wildman–Crippen MR) is 271 cm³/mol. The molecule has 5 fully saturated rings. The van der Waals surface area contributed by atoms with Crippen molar-refractivity contribution < 1.29 is 184 Å². The lowest BCUT2D eigenvalue weighted by Crippen LogP contribution is -2.71. The number of hydrogen-bond donors (Lipinski definition) is 25. The van der Waals surface area contributed by atoms with Crippen LogP contribution < -0.4 is 16.0 Å². The van der Waals surface area contributed by atoms with Crippen LogP contribution in [0.2, 0.25) is 0 Å². The number of carboxylic acid groups (broad SMARTS) is 2. The third-order valence-corrected chi connectivity index (χ3v) is 15.2. The van der Waals surface area contributed by atoms with Crippen molar-refractivity contribution in [2.24, 2.45) is 0 Å². The number of aliphatic hydroxyl groups excluding tert-OH is 20. The summed E-state index contributed by atoms with van der Waals surface area (Å²) >= 11 is 0. The Morgan fingerprint density at radius 3 is 1.30 bits per heavy atom. The van der Waals surface area contributed by atoms with E-state index in [0.717, 1.165) is 20.8 Å². The molecule has 0 bridgehead atoms. The molecular weight excluding hydrogens is 1210 g/mol. The number of rotatable bonds is 29. The second kappa shape index (κ2) is 32.1. The van der Waals surface area contributed by atoms with E-state index in [4.69, 9.17) is 47.4 Å². The van der Waals surface area contributed by atoms with Crippen molar-refractivity contribution in [1.29, 1.82) is 0 Å². The molecule has 5 heterocycles. The maximum absolute atomic E-state index is 13.3. The van der Waals surface area contributed by atoms with Crippen LogP contribution in [-0.4, -0.2) is 377 Å². The minimum absolute atomic E-state index is 0.853. The fourth-order valence-electron chi connectivity index (χ4n) is 10.6. The average molecular weight is 1290 g/mol. The van der Waals surface area contributed by atoms with Crippen molar-refractivity contribution in [3.05, 3.63) is 0 Å². The Morgan fingerprint density at radius 1 is 0.489 bits per heavy atom. The van der Waals surface area contributed by atoms with E-state index in [-0.39, 0.29) is 0 Å². The molecule has 0 aliphatic carbocycles. The standard InChI is InChI=1S/C48H81N3O37/c1-13(58)49-25-16(61)4-47(45(75)76,85-38(25)29(68)19(64)7-53)87-40-31(70)22(10-56)80-43(34(40)73)84-37-23(11-57)81-42(27(33(37)72)51-15(3)60)79-12-24-32(71)41(35(74)44(82-24)83-36(21(66)9-55)28(67)18(63)6-52)88-48(46(77)78)5-17(62)26(50-14(2)59)39(86-48)30(69)20(65)8-54/h16-44,52-57,61-74H,4-12H2,1-3H3,(H,49,58)(H,50,59)(H,51,60)(H,75,76)(H,77,78)/t16-,17-,18-,19+,20+,21+,22+,23+,24+,25+,26+,27+,28+,29+,30+,31-,32-,33+,34+,35+,36+,37+,38+,39+,40-,41-,42+,43-,44-,47-,48-/m0/s1. The summed E-state index contributed by atoms with van der Waals surface area (Å²) in [6.45, 7) is -5.59. The van der Waals surface area contributed by atoms with Crippen molar-refractivity contribution in [2.75, 3.05) is 46.2 Å². The third-order valence-electron chi connectivity index (χ3n) is 15.2. The molecule has 0 saturated carbocycles. The van der Waals surface area contributed by atoms with Gasteiger partial charge in [0.05, 0.1) is 70.5 Å². The first-order chi connectivity index (χ1) is 41.2. The summed E-state index contributed by atoms with van der Waals surface area (Å²) in [7, 11) is 0. The summed E-state index contributed by atoms with van der Waals surface area (Å²) in [6, 6.07) is -5.40. The largest absolute Gasteiger partial charge is 0.477 e. The molecule has 0 aromatic carbocycles. The van der Waals surface area contributed by atoms with Crippen molar-refractivity contribution in [3.8, 4) is 0 Å². The summed E-state index contributed by atoms with van der Waals surface area (Å²) in [5, 5.41) is 243. The molecule has 0 radical (unpaired) electrons. The van der Waals surface area contributed by atoms with Gasteiger partial charge in [0, 0.05) is 33.6 Å². The number of carbonyl (C=O) groups is 5. The van der Waals surface area contributed by atoms with E-state index in [0.29, 0.717) is 0 Å². The second-order valence-electron chi connectivity index (χ2n) is 21.6. The highest BCUT2D eigenvalue weighted by Crippen LogP contribution is 2.41. The molecule has 5 aliphatic heterocycles. The topological polar surface area (TPSA) is 659 Å². The molecule has 31 atom stereocenters. The lowest BCUT2D eigenvalue weighted by atomic mass is 9.88. The monoisotopic (exact) mass is 1290 g/mol. The Balaban J connectivity index is 1.48. The van der Waals surface area contributed by atoms with E-state index < -0.39 is 278 Å². The zero-order valence-corrected chi connectivity index (χ0v) is 47.1. The molecule has 40 nitrogen and oxygen atoms in total. The van der Waals surface area contributed by atoms with Gasteiger partial charge >= 0.3 is 11.9 Å². The fourth-order valence-corrected chi connectivity index (χ4v) is 10.6. The third kappa shape index (κ3) is 16.9. The number of aliphatic hydroxyl groups is 20. The molecule has 3 amide bonds. The Bertz CT molecular complexity index is 2270. The van der Waals surface area contributed by atoms with Crippen LogP contribution in [0.1, 0.15) is 33.6 Å². The number of carboxylic acids is 2. The molecule has 510 valence electrons. The average Bonchev–Trinajstić information content (AvgIpc) is 1.58. The number of aliphatic carboxylic acids is 2. The quantitative estimate of drug-likeness (QED) is 0.0331. The first kappa shape index (κ1) is 74.9. The van der Waals surface area contributed by atoms with E-state index in [1.165, 1.54) is 0 Å². The Labute approximate surface area is 497 Å². The highest BCUT2D eigenvalue weighted by atomic mass is 16.8. The second-order valence-corrected chi connectivity index (χ2v) is 21.6. The lowest BCUT2D eigenvalue weighted by Gasteiger charge is -2.51. The van der Waals surface area contributed by atoms with E-state index in [2.05, 4.69) is 16.0 Å². The van der Waals surface area contributed by atoms with Crippen molar-refractivity contribution >= 4 is 29.7 Å². The summed E-state index contributed by atoms with van der Waals surface area (Å²) in [5.74, 6) is -13.6. The minimum Gasteiger partial charge on any atom is -0.477 e. The molecule has 88 heavy (non-hydrogen) atoms. The van der Waals surface area contributed by atoms with Gasteiger partial charge in [-0.15, -0.1) is 0 Å². The summed E-state index contributed by atoms with van der Waals surface area (Å²) in [4.78, 5) is 63.3. The van der Waals surface area contributed by atoms with E-state index in [9.17, 15) is 136 Å². The van der Waals surface area contributed by atoms with Gasteiger partial charge in [-0.2, -0.15) is 0 Å². The van der Waals surface area contributed by atoms with Gasteiger partial charge in [-0.1, -0.05) is 0 Å². The summed E-state index contributed by atoms with van der Waals surface area (Å²) in [5.41, 5.74) is 0. The van der Waals surface area contributed by atoms with Crippen LogP contribution in [0.15, 0.2) is 0 Å². The Morgan fingerprint density at radius 2 is 0.886 bits per heavy atom. The molecule has 5 rings (SSSR count). The van der Waals surface area contributed by atoms with Gasteiger partial charge in [-0.3, -0.25) is 14.4 Å². The van der Waals surface area contributed by atoms with Crippen molar-refractivity contribution in [1.82, 2.24) is 16.0 Å². The van der Waals surface area contributed by atoms with Gasteiger partial charge in [0.2, 0.25) is 17.7 Å². The van der Waals surface area contributed by atoms with E-state index in [1.54, 1.807) is 0 Å².